The molecule has 0 saturated carbocycles. The lowest BCUT2D eigenvalue weighted by Crippen LogP contribution is -2.41. The number of para-hydroxylation sites is 2. The Bertz CT molecular complexity index is 1140. The maximum atomic E-state index is 13.0. The Kier molecular flexibility index (Phi) is 5.13. The van der Waals surface area contributed by atoms with Gasteiger partial charge in [0.05, 0.1) is 22.6 Å². The molecule has 1 atom stereocenters. The van der Waals surface area contributed by atoms with Crippen molar-refractivity contribution in [2.24, 2.45) is 0 Å². The van der Waals surface area contributed by atoms with Crippen molar-refractivity contribution in [1.82, 2.24) is 19.6 Å². The lowest BCUT2D eigenvalue weighted by Gasteiger charge is -2.27. The van der Waals surface area contributed by atoms with Crippen molar-refractivity contribution in [2.45, 2.75) is 32.7 Å². The average Bonchev–Trinajstić information content (AvgIpc) is 3.16. The van der Waals surface area contributed by atoms with Crippen molar-refractivity contribution in [3.05, 3.63) is 48.0 Å². The Morgan fingerprint density at radius 3 is 2.87 bits per heavy atom. The Morgan fingerprint density at radius 2 is 2.07 bits per heavy atom. The van der Waals surface area contributed by atoms with Gasteiger partial charge < -0.3 is 15.0 Å². The number of fused-ring (bicyclic) bond motifs is 2. The minimum absolute atomic E-state index is 0.140. The van der Waals surface area contributed by atoms with Gasteiger partial charge in [-0.2, -0.15) is 10.1 Å². The van der Waals surface area contributed by atoms with Gasteiger partial charge in [0.15, 0.2) is 6.61 Å². The zero-order valence-corrected chi connectivity index (χ0v) is 16.5. The third-order valence-corrected chi connectivity index (χ3v) is 4.91. The summed E-state index contributed by atoms with van der Waals surface area (Å²) in [4.78, 5) is 47.3. The first-order valence-corrected chi connectivity index (χ1v) is 9.55. The number of aromatic nitrogens is 4. The molecule has 1 aliphatic rings. The predicted octanol–water partition coefficient (Wildman–Crippen LogP) is 1.61. The summed E-state index contributed by atoms with van der Waals surface area (Å²) in [6.45, 7) is 3.18. The number of rotatable bonds is 4. The summed E-state index contributed by atoms with van der Waals surface area (Å²) in [7, 11) is 0. The van der Waals surface area contributed by atoms with E-state index < -0.39 is 18.5 Å². The van der Waals surface area contributed by atoms with Crippen LogP contribution in [0.2, 0.25) is 0 Å². The van der Waals surface area contributed by atoms with Gasteiger partial charge in [0.25, 0.3) is 11.7 Å². The van der Waals surface area contributed by atoms with E-state index in [1.807, 2.05) is 6.92 Å². The van der Waals surface area contributed by atoms with E-state index in [4.69, 9.17) is 4.74 Å². The second-order valence-electron chi connectivity index (χ2n) is 6.90. The highest BCUT2D eigenvalue weighted by molar-refractivity contribution is 6.05. The van der Waals surface area contributed by atoms with Crippen LogP contribution in [0, 0.1) is 0 Å². The van der Waals surface area contributed by atoms with Gasteiger partial charge in [-0.1, -0.05) is 19.1 Å². The summed E-state index contributed by atoms with van der Waals surface area (Å²) in [5, 5.41) is 6.87. The van der Waals surface area contributed by atoms with Crippen LogP contribution in [0.1, 0.15) is 36.3 Å². The lowest BCUT2D eigenvalue weighted by molar-refractivity contribution is -0.122. The third kappa shape index (κ3) is 3.47. The molecule has 10 heteroatoms. The van der Waals surface area contributed by atoms with Crippen molar-refractivity contribution >= 4 is 34.9 Å². The first kappa shape index (κ1) is 19.5. The van der Waals surface area contributed by atoms with Crippen LogP contribution in [-0.4, -0.2) is 50.0 Å². The van der Waals surface area contributed by atoms with Crippen molar-refractivity contribution in [3.8, 4) is 0 Å². The van der Waals surface area contributed by atoms with Gasteiger partial charge in [-0.15, -0.1) is 0 Å². The normalized spacial score (nSPS) is 16.0. The number of hydrogen-bond donors (Lipinski definition) is 1. The predicted molar refractivity (Wildman–Crippen MR) is 107 cm³/mol. The Morgan fingerprint density at radius 1 is 1.27 bits per heavy atom. The number of carbonyl (C=O) groups is 3. The Labute approximate surface area is 171 Å². The van der Waals surface area contributed by atoms with Crippen LogP contribution < -0.4 is 10.2 Å². The molecule has 0 bridgehead atoms. The topological polar surface area (TPSA) is 119 Å². The van der Waals surface area contributed by atoms with Gasteiger partial charge >= 0.3 is 5.97 Å². The maximum absolute atomic E-state index is 13.0. The molecule has 1 aromatic carbocycles. The molecule has 0 radical (unpaired) electrons. The van der Waals surface area contributed by atoms with Crippen LogP contribution in [0.5, 0.6) is 0 Å². The molecule has 3 heterocycles. The van der Waals surface area contributed by atoms with Crippen LogP contribution >= 0.6 is 0 Å². The molecule has 0 fully saturated rings. The number of nitrogens with zero attached hydrogens (tertiary/aromatic N) is 5. The fourth-order valence-electron chi connectivity index (χ4n) is 3.58. The average molecular weight is 408 g/mol. The van der Waals surface area contributed by atoms with E-state index in [0.717, 1.165) is 0 Å². The van der Waals surface area contributed by atoms with E-state index in [1.54, 1.807) is 31.2 Å². The van der Waals surface area contributed by atoms with Crippen LogP contribution in [0.15, 0.2) is 36.8 Å². The molecule has 30 heavy (non-hydrogen) atoms. The largest absolute Gasteiger partial charge is 0.452 e. The van der Waals surface area contributed by atoms with E-state index in [9.17, 15) is 14.4 Å². The molecular weight excluding hydrogens is 388 g/mol. The number of anilines is 2. The number of benzene rings is 1. The van der Waals surface area contributed by atoms with Crippen molar-refractivity contribution < 1.29 is 19.1 Å². The lowest BCUT2D eigenvalue weighted by atomic mass is 10.1. The minimum Gasteiger partial charge on any atom is -0.452 e. The first-order valence-electron chi connectivity index (χ1n) is 9.55. The van der Waals surface area contributed by atoms with Crippen LogP contribution in [0.4, 0.5) is 11.4 Å². The van der Waals surface area contributed by atoms with Gasteiger partial charge in [-0.25, -0.2) is 14.3 Å². The fraction of sp³-hybridized carbons (Fsp3) is 0.300. The highest BCUT2D eigenvalue weighted by atomic mass is 16.5. The zero-order chi connectivity index (χ0) is 21.3. The second kappa shape index (κ2) is 7.90. The Hall–Kier alpha value is -3.82. The summed E-state index contributed by atoms with van der Waals surface area (Å²) in [5.74, 6) is -0.892. The van der Waals surface area contributed by atoms with Gasteiger partial charge in [-0.3, -0.25) is 9.59 Å². The van der Waals surface area contributed by atoms with E-state index in [0.29, 0.717) is 29.3 Å². The molecule has 1 unspecified atom stereocenters. The van der Waals surface area contributed by atoms with Crippen LogP contribution in [0.3, 0.4) is 0 Å². The van der Waals surface area contributed by atoms with Gasteiger partial charge in [0.1, 0.15) is 6.33 Å². The molecule has 4 rings (SSSR count). The maximum Gasteiger partial charge on any atom is 0.342 e. The van der Waals surface area contributed by atoms with Crippen molar-refractivity contribution in [3.63, 3.8) is 0 Å². The van der Waals surface area contributed by atoms with Crippen molar-refractivity contribution in [2.75, 3.05) is 16.8 Å². The molecule has 10 nitrogen and oxygen atoms in total. The Balaban J connectivity index is 1.55. The summed E-state index contributed by atoms with van der Waals surface area (Å²) < 4.78 is 6.78. The standard InChI is InChI=1S/C20H20N6O4/c1-3-15-13(9-21-20-22-11-23-26(15)20)19(29)30-10-18(28)25-12(2)8-17(27)24-14-6-4-5-7-16(14)25/h4-7,9,11-12H,3,8,10H2,1-2H3,(H,24,27). The van der Waals surface area contributed by atoms with E-state index in [1.165, 1.54) is 21.9 Å². The summed E-state index contributed by atoms with van der Waals surface area (Å²) in [5.41, 5.74) is 1.93. The summed E-state index contributed by atoms with van der Waals surface area (Å²) in [6, 6.07) is 6.64. The van der Waals surface area contributed by atoms with E-state index >= 15 is 0 Å². The fourth-order valence-corrected chi connectivity index (χ4v) is 3.58. The number of ether oxygens (including phenoxy) is 1. The molecule has 2 aromatic heterocycles. The van der Waals surface area contributed by atoms with E-state index in [2.05, 4.69) is 20.4 Å². The highest BCUT2D eigenvalue weighted by Gasteiger charge is 2.30. The molecule has 1 aliphatic heterocycles. The molecule has 0 spiro atoms. The number of amides is 2. The minimum atomic E-state index is -0.671. The monoisotopic (exact) mass is 408 g/mol. The van der Waals surface area contributed by atoms with Gasteiger partial charge in [0, 0.05) is 18.7 Å². The number of carbonyl (C=O) groups excluding carboxylic acids is 3. The first-order chi connectivity index (χ1) is 14.5. The third-order valence-electron chi connectivity index (χ3n) is 4.91. The molecular formula is C20H20N6O4. The highest BCUT2D eigenvalue weighted by Crippen LogP contribution is 2.31. The number of esters is 1. The van der Waals surface area contributed by atoms with Crippen LogP contribution in [-0.2, 0) is 20.7 Å². The number of aryl methyl sites for hydroxylation is 1. The molecule has 154 valence electrons. The molecule has 3 aromatic rings. The summed E-state index contributed by atoms with van der Waals surface area (Å²) in [6.07, 6.45) is 3.38. The number of nitrogens with one attached hydrogen (secondary N) is 1. The molecule has 2 amide bonds. The molecule has 1 N–H and O–H groups in total. The van der Waals surface area contributed by atoms with E-state index in [-0.39, 0.29) is 23.9 Å². The van der Waals surface area contributed by atoms with Gasteiger partial charge in [-0.05, 0) is 25.5 Å². The SMILES string of the molecule is CCc1c(C(=O)OCC(=O)N2c3ccccc3NC(=O)CC2C)cnc2ncnn12. The second-order valence-corrected chi connectivity index (χ2v) is 6.90. The zero-order valence-electron chi connectivity index (χ0n) is 16.5. The van der Waals surface area contributed by atoms with Gasteiger partial charge in [0.2, 0.25) is 5.91 Å². The quantitative estimate of drug-likeness (QED) is 0.651. The number of hydrogen-bond acceptors (Lipinski definition) is 7. The van der Waals surface area contributed by atoms with Crippen molar-refractivity contribution in [1.29, 1.82) is 0 Å². The summed E-state index contributed by atoms with van der Waals surface area (Å²) >= 11 is 0. The smallest absolute Gasteiger partial charge is 0.342 e. The van der Waals surface area contributed by atoms with Crippen LogP contribution in [0.25, 0.3) is 5.78 Å². The molecule has 0 saturated heterocycles. The molecule has 0 aliphatic carbocycles.